The molecular formula is C32H42ClNO5. The van der Waals surface area contributed by atoms with Gasteiger partial charge in [0.2, 0.25) is 5.24 Å². The third-order valence-corrected chi connectivity index (χ3v) is 13.4. The number of fused-ring (bicyclic) bond motifs is 8. The molecule has 8 atom stereocenters. The van der Waals surface area contributed by atoms with Crippen molar-refractivity contribution in [1.82, 2.24) is 5.16 Å². The van der Waals surface area contributed by atoms with Crippen molar-refractivity contribution in [2.75, 3.05) is 7.11 Å². The average Bonchev–Trinajstić information content (AvgIpc) is 3.33. The van der Waals surface area contributed by atoms with Gasteiger partial charge in [-0.3, -0.25) is 14.4 Å². The van der Waals surface area contributed by atoms with E-state index >= 15 is 0 Å². The van der Waals surface area contributed by atoms with Crippen LogP contribution in [0, 0.1) is 44.8 Å². The van der Waals surface area contributed by atoms with Gasteiger partial charge in [0.15, 0.2) is 11.5 Å². The van der Waals surface area contributed by atoms with Gasteiger partial charge in [0.1, 0.15) is 5.41 Å². The number of halogens is 1. The van der Waals surface area contributed by atoms with Crippen LogP contribution in [0.25, 0.3) is 0 Å². The molecule has 3 fully saturated rings. The monoisotopic (exact) mass is 555 g/mol. The largest absolute Gasteiger partial charge is 0.469 e. The summed E-state index contributed by atoms with van der Waals surface area (Å²) in [7, 11) is 1.49. The van der Waals surface area contributed by atoms with Gasteiger partial charge in [0.25, 0.3) is 0 Å². The van der Waals surface area contributed by atoms with Crippen LogP contribution in [0.3, 0.4) is 0 Å². The number of ketones is 1. The molecule has 1 heterocycles. The van der Waals surface area contributed by atoms with Gasteiger partial charge in [-0.1, -0.05) is 45.3 Å². The Bertz CT molecular complexity index is 1310. The molecule has 5 aliphatic rings. The molecule has 0 aromatic carbocycles. The van der Waals surface area contributed by atoms with E-state index in [2.05, 4.69) is 39.8 Å². The first-order valence-corrected chi connectivity index (χ1v) is 15.0. The molecule has 0 N–H and O–H groups in total. The van der Waals surface area contributed by atoms with E-state index in [0.29, 0.717) is 12.2 Å². The molecule has 0 amide bonds. The molecule has 0 bridgehead atoms. The van der Waals surface area contributed by atoms with Gasteiger partial charge in [0, 0.05) is 11.5 Å². The van der Waals surface area contributed by atoms with Gasteiger partial charge < -0.3 is 9.26 Å². The minimum Gasteiger partial charge on any atom is -0.469 e. The number of rotatable bonds is 2. The molecule has 0 unspecified atom stereocenters. The summed E-state index contributed by atoms with van der Waals surface area (Å²) in [5.41, 5.74) is -0.519. The van der Waals surface area contributed by atoms with Crippen LogP contribution in [0.5, 0.6) is 0 Å². The van der Waals surface area contributed by atoms with Crippen molar-refractivity contribution in [1.29, 1.82) is 0 Å². The van der Waals surface area contributed by atoms with Crippen LogP contribution in [-0.4, -0.2) is 29.3 Å². The molecule has 0 spiro atoms. The van der Waals surface area contributed by atoms with E-state index in [9.17, 15) is 14.4 Å². The number of hydrogen-bond acceptors (Lipinski definition) is 6. The Labute approximate surface area is 236 Å². The van der Waals surface area contributed by atoms with Crippen molar-refractivity contribution in [3.8, 4) is 0 Å². The van der Waals surface area contributed by atoms with Crippen LogP contribution in [0.15, 0.2) is 22.4 Å². The molecule has 1 aromatic rings. The van der Waals surface area contributed by atoms with E-state index < -0.39 is 21.5 Å². The normalized spacial score (nSPS) is 46.0. The maximum Gasteiger partial charge on any atom is 0.312 e. The summed E-state index contributed by atoms with van der Waals surface area (Å²) in [5, 5.41) is 3.63. The second-order valence-electron chi connectivity index (χ2n) is 15.2. The van der Waals surface area contributed by atoms with E-state index in [-0.39, 0.29) is 45.8 Å². The Morgan fingerprint density at radius 3 is 2.41 bits per heavy atom. The van der Waals surface area contributed by atoms with Gasteiger partial charge in [-0.2, -0.15) is 0 Å². The van der Waals surface area contributed by atoms with Gasteiger partial charge in [-0.25, -0.2) is 0 Å². The first kappa shape index (κ1) is 27.2. The van der Waals surface area contributed by atoms with Crippen LogP contribution in [-0.2, 0) is 31.0 Å². The van der Waals surface area contributed by atoms with Crippen LogP contribution in [0.1, 0.15) is 97.8 Å². The Morgan fingerprint density at radius 1 is 1.05 bits per heavy atom. The van der Waals surface area contributed by atoms with E-state index in [0.717, 1.165) is 56.1 Å². The zero-order chi connectivity index (χ0) is 28.4. The summed E-state index contributed by atoms with van der Waals surface area (Å²) >= 11 is 6.35. The summed E-state index contributed by atoms with van der Waals surface area (Å²) in [6.07, 6.45) is 10.1. The third-order valence-electron chi connectivity index (χ3n) is 13.0. The standard InChI is InChI=1S/C32H42ClNO5/c1-27(2)10-12-32(26(37)38-7)13-11-30(5)23(19(32)16-27)20(35)14-22-28(3)15-18-17-34-39-24(18)31(6,25(33)36)21(28)8-9-29(22,30)4/h14,17,19,21,23H,8-13,15-16H2,1-7H3/t19-,21+,23-,28-,29+,30+,31-,32-/m0/s1. The highest BCUT2D eigenvalue weighted by Crippen LogP contribution is 2.75. The number of nitrogens with zero attached hydrogens (tertiary/aromatic N) is 1. The lowest BCUT2D eigenvalue weighted by Gasteiger charge is -2.69. The number of esters is 1. The van der Waals surface area contributed by atoms with Crippen LogP contribution in [0.4, 0.5) is 0 Å². The van der Waals surface area contributed by atoms with E-state index in [1.807, 2.05) is 13.0 Å². The summed E-state index contributed by atoms with van der Waals surface area (Å²) < 4.78 is 11.1. The fourth-order valence-electron chi connectivity index (χ4n) is 10.8. The van der Waals surface area contributed by atoms with Crippen molar-refractivity contribution in [3.63, 3.8) is 0 Å². The number of methoxy groups -OCH3 is 1. The highest BCUT2D eigenvalue weighted by Gasteiger charge is 2.72. The molecule has 5 aliphatic carbocycles. The topological polar surface area (TPSA) is 86.5 Å². The Morgan fingerprint density at radius 2 is 1.74 bits per heavy atom. The molecule has 3 saturated carbocycles. The van der Waals surface area contributed by atoms with Gasteiger partial charge in [-0.05, 0) is 109 Å². The minimum absolute atomic E-state index is 0.0502. The van der Waals surface area contributed by atoms with Crippen LogP contribution in [0.2, 0.25) is 0 Å². The summed E-state index contributed by atoms with van der Waals surface area (Å²) in [6, 6.07) is 0. The fraction of sp³-hybridized carbons (Fsp3) is 0.750. The van der Waals surface area contributed by atoms with Crippen molar-refractivity contribution >= 4 is 28.6 Å². The Hall–Kier alpha value is -1.95. The SMILES string of the molecule is COC(=O)[C@]12CCC(C)(C)C[C@H]1[C@H]1C(=O)C=C3[C@@]4(C)Cc5cnoc5[C@@](C)(C(=O)Cl)[C@@H]4CC[C@@]3(C)[C@]1(C)CC2. The minimum atomic E-state index is -1.01. The third kappa shape index (κ3) is 3.16. The lowest BCUT2D eigenvalue weighted by molar-refractivity contribution is -0.191. The van der Waals surface area contributed by atoms with Crippen molar-refractivity contribution in [3.05, 3.63) is 29.2 Å². The fourth-order valence-corrected chi connectivity index (χ4v) is 11.0. The molecule has 7 heteroatoms. The first-order chi connectivity index (χ1) is 18.1. The Balaban J connectivity index is 1.52. The number of carbonyl (C=O) groups is 3. The van der Waals surface area contributed by atoms with E-state index in [1.165, 1.54) is 7.11 Å². The van der Waals surface area contributed by atoms with Gasteiger partial charge in [0.05, 0.1) is 18.7 Å². The van der Waals surface area contributed by atoms with Gasteiger partial charge in [-0.15, -0.1) is 0 Å². The number of hydrogen-bond donors (Lipinski definition) is 0. The maximum atomic E-state index is 14.5. The smallest absolute Gasteiger partial charge is 0.312 e. The average molecular weight is 556 g/mol. The van der Waals surface area contributed by atoms with Crippen molar-refractivity contribution in [2.24, 2.45) is 44.8 Å². The highest BCUT2D eigenvalue weighted by molar-refractivity contribution is 6.65. The van der Waals surface area contributed by atoms with Crippen molar-refractivity contribution in [2.45, 2.75) is 98.3 Å². The molecule has 0 radical (unpaired) electrons. The van der Waals surface area contributed by atoms with Crippen LogP contribution < -0.4 is 0 Å². The van der Waals surface area contributed by atoms with E-state index in [4.69, 9.17) is 20.9 Å². The first-order valence-electron chi connectivity index (χ1n) is 14.6. The van der Waals surface area contributed by atoms with Gasteiger partial charge >= 0.3 is 5.97 Å². The second-order valence-corrected chi connectivity index (χ2v) is 15.5. The second kappa shape index (κ2) is 8.08. The molecule has 6 rings (SSSR count). The predicted molar refractivity (Wildman–Crippen MR) is 147 cm³/mol. The number of carbonyl (C=O) groups excluding carboxylic acids is 3. The number of ether oxygens (including phenoxy) is 1. The molecule has 39 heavy (non-hydrogen) atoms. The summed E-state index contributed by atoms with van der Waals surface area (Å²) in [6.45, 7) is 13.3. The number of allylic oxidation sites excluding steroid dienone is 2. The Kier molecular flexibility index (Phi) is 5.64. The zero-order valence-corrected chi connectivity index (χ0v) is 25.2. The predicted octanol–water partition coefficient (Wildman–Crippen LogP) is 6.59. The molecule has 0 saturated heterocycles. The molecular weight excluding hydrogens is 514 g/mol. The zero-order valence-electron chi connectivity index (χ0n) is 24.4. The summed E-state index contributed by atoms with van der Waals surface area (Å²) in [5.74, 6) is 0.176. The maximum absolute atomic E-state index is 14.5. The molecule has 1 aromatic heterocycles. The highest BCUT2D eigenvalue weighted by atomic mass is 35.5. The molecule has 0 aliphatic heterocycles. The summed E-state index contributed by atoms with van der Waals surface area (Å²) in [4.78, 5) is 41.0. The lowest BCUT2D eigenvalue weighted by atomic mass is 9.34. The number of aromatic nitrogens is 1. The van der Waals surface area contributed by atoms with Crippen LogP contribution >= 0.6 is 11.6 Å². The molecule has 212 valence electrons. The van der Waals surface area contributed by atoms with E-state index in [1.54, 1.807) is 6.20 Å². The van der Waals surface area contributed by atoms with Crippen molar-refractivity contribution < 1.29 is 23.6 Å². The quantitative estimate of drug-likeness (QED) is 0.302. The molecule has 6 nitrogen and oxygen atoms in total. The lowest BCUT2D eigenvalue weighted by Crippen LogP contribution is -2.66.